The number of hydrogen-bond acceptors (Lipinski definition) is 12. The Morgan fingerprint density at radius 1 is 0.519 bits per heavy atom. The number of carbonyl (C=O) groups is 4. The van der Waals surface area contributed by atoms with Gasteiger partial charge < -0.3 is 44.1 Å². The molecule has 4 rings (SSSR count). The number of rotatable bonds is 10. The number of anilines is 2. The molecular formula is C30H24N2Na2O16S2. The van der Waals surface area contributed by atoms with Crippen molar-refractivity contribution in [1.82, 2.24) is 0 Å². The average Bonchev–Trinajstić information content (AvgIpc) is 3.01. The normalized spacial score (nSPS) is 11.2. The van der Waals surface area contributed by atoms with Crippen LogP contribution < -0.4 is 69.7 Å². The molecule has 2 amide bonds. The molecule has 4 aromatic rings. The summed E-state index contributed by atoms with van der Waals surface area (Å²) < 4.78 is 68.6. The third-order valence-corrected chi connectivity index (χ3v) is 8.56. The van der Waals surface area contributed by atoms with Crippen molar-refractivity contribution in [3.05, 3.63) is 94.0 Å². The predicted molar refractivity (Wildman–Crippen MR) is 173 cm³/mol. The number of hydrogen-bond donors (Lipinski definition) is 10. The molecule has 0 saturated heterocycles. The first kappa shape index (κ1) is 43.7. The number of benzene rings is 4. The van der Waals surface area contributed by atoms with Crippen LogP contribution in [0.5, 0.6) is 23.0 Å². The first-order valence-electron chi connectivity index (χ1n) is 13.3. The Bertz CT molecular complexity index is 2230. The molecule has 0 aliphatic carbocycles. The third kappa shape index (κ3) is 9.68. The Hall–Kier alpha value is -4.48. The molecule has 264 valence electrons. The maximum atomic E-state index is 12.8. The number of phenolic OH excluding ortho intramolecular Hbond substituents is 2. The fourth-order valence-corrected chi connectivity index (χ4v) is 5.99. The maximum absolute atomic E-state index is 12.8. The third-order valence-electron chi connectivity index (χ3n) is 6.75. The van der Waals surface area contributed by atoms with Gasteiger partial charge in [-0.05, 0) is 59.7 Å². The topological polar surface area (TPSA) is 322 Å². The first-order chi connectivity index (χ1) is 23.2. The summed E-state index contributed by atoms with van der Waals surface area (Å²) in [6.45, 7) is 0. The molecule has 0 spiro atoms. The van der Waals surface area contributed by atoms with Crippen LogP contribution in [0.2, 0.25) is 0 Å². The van der Waals surface area contributed by atoms with E-state index in [0.29, 0.717) is 0 Å². The van der Waals surface area contributed by atoms with Crippen LogP contribution in [0, 0.1) is 0 Å². The number of amides is 2. The standard InChI is InChI=1S/C30H22N2O16S2.2Na.2H/c33-17-7-9-19(35)25(29(39)40)23(17)27(37)31-15-5-3-13(21(11-15)49(43,44)45)1-2-14-4-6-16(12-22(14)50(46,47)48)32-28(38)24-18(34)8-10-20(36)26(24)30(41)42;;;;/h1-12,33-36H,(H,31,37)(H,32,38)(H,39,40)(H,41,42)(H,43,44,45)(H,46,47,48);;;;/q;2*+1;2*-1/b2-1+;;;;. The quantitative estimate of drug-likeness (QED) is 0.0339. The van der Waals surface area contributed by atoms with Crippen LogP contribution in [0.1, 0.15) is 55.4 Å². The van der Waals surface area contributed by atoms with Gasteiger partial charge in [0.05, 0.1) is 11.1 Å². The van der Waals surface area contributed by atoms with Crippen molar-refractivity contribution in [2.45, 2.75) is 9.79 Å². The SMILES string of the molecule is O=C(O)c1c(O)ccc(O)c1C(=O)Nc1ccc(/C=C/c2ccc(NC(=O)c3c(O)ccc(O)c3C(=O)O)cc2S(=O)(=O)O)c(S(=O)(=O)O)c1.[H-].[H-].[Na+].[Na+]. The van der Waals surface area contributed by atoms with Gasteiger partial charge in [0.1, 0.15) is 43.9 Å². The zero-order chi connectivity index (χ0) is 37.3. The number of aromatic carboxylic acids is 2. The van der Waals surface area contributed by atoms with Crippen molar-refractivity contribution >= 4 is 67.5 Å². The second kappa shape index (κ2) is 16.9. The molecule has 0 saturated carbocycles. The van der Waals surface area contributed by atoms with E-state index in [9.17, 15) is 75.8 Å². The van der Waals surface area contributed by atoms with E-state index < -0.39 is 99.0 Å². The Morgan fingerprint density at radius 2 is 0.808 bits per heavy atom. The van der Waals surface area contributed by atoms with Gasteiger partial charge in [0.25, 0.3) is 32.1 Å². The van der Waals surface area contributed by atoms with Crippen molar-refractivity contribution < 1.29 is 138 Å². The maximum Gasteiger partial charge on any atom is 1.00 e. The van der Waals surface area contributed by atoms with Gasteiger partial charge in [0, 0.05) is 11.4 Å². The van der Waals surface area contributed by atoms with Gasteiger partial charge in [0.15, 0.2) is 0 Å². The monoisotopic (exact) mass is 778 g/mol. The number of carboxylic acid groups (broad SMARTS) is 2. The molecule has 22 heteroatoms. The van der Waals surface area contributed by atoms with Crippen LogP contribution in [-0.2, 0) is 20.2 Å². The van der Waals surface area contributed by atoms with Gasteiger partial charge in [0.2, 0.25) is 0 Å². The van der Waals surface area contributed by atoms with Crippen LogP contribution in [0.25, 0.3) is 12.2 Å². The molecule has 0 fully saturated rings. The van der Waals surface area contributed by atoms with Crippen molar-refractivity contribution in [3.8, 4) is 23.0 Å². The smallest absolute Gasteiger partial charge is 1.00 e. The van der Waals surface area contributed by atoms with E-state index in [2.05, 4.69) is 10.6 Å². The molecule has 10 N–H and O–H groups in total. The van der Waals surface area contributed by atoms with Gasteiger partial charge in [-0.15, -0.1) is 0 Å². The number of nitrogens with one attached hydrogen (secondary N) is 2. The molecule has 0 heterocycles. The number of carboxylic acids is 2. The summed E-state index contributed by atoms with van der Waals surface area (Å²) in [6, 6.07) is 9.00. The summed E-state index contributed by atoms with van der Waals surface area (Å²) in [4.78, 5) is 47.1. The molecule has 4 aromatic carbocycles. The van der Waals surface area contributed by atoms with E-state index in [4.69, 9.17) is 0 Å². The van der Waals surface area contributed by atoms with E-state index in [-0.39, 0.29) is 84.5 Å². The van der Waals surface area contributed by atoms with Gasteiger partial charge in [-0.3, -0.25) is 18.7 Å². The first-order valence-corrected chi connectivity index (χ1v) is 16.2. The molecule has 0 aromatic heterocycles. The zero-order valence-electron chi connectivity index (χ0n) is 28.6. The fourth-order valence-electron chi connectivity index (χ4n) is 4.57. The fraction of sp³-hybridized carbons (Fsp3) is 0. The van der Waals surface area contributed by atoms with E-state index >= 15 is 0 Å². The van der Waals surface area contributed by atoms with Crippen LogP contribution in [0.3, 0.4) is 0 Å². The molecular weight excluding hydrogens is 754 g/mol. The Balaban J connectivity index is 0.00000702. The van der Waals surface area contributed by atoms with Gasteiger partial charge >= 0.3 is 71.1 Å². The summed E-state index contributed by atoms with van der Waals surface area (Å²) in [6.07, 6.45) is 1.95. The Kier molecular flexibility index (Phi) is 14.2. The molecule has 52 heavy (non-hydrogen) atoms. The second-order valence-electron chi connectivity index (χ2n) is 10.0. The minimum atomic E-state index is -5.08. The second-order valence-corrected chi connectivity index (χ2v) is 12.8. The number of phenols is 4. The predicted octanol–water partition coefficient (Wildman–Crippen LogP) is -2.69. The van der Waals surface area contributed by atoms with Crippen LogP contribution >= 0.6 is 0 Å². The molecule has 0 unspecified atom stereocenters. The van der Waals surface area contributed by atoms with Crippen molar-refractivity contribution in [1.29, 1.82) is 0 Å². The summed E-state index contributed by atoms with van der Waals surface area (Å²) in [5, 5.41) is 62.8. The largest absolute Gasteiger partial charge is 1.00 e. The van der Waals surface area contributed by atoms with Gasteiger partial charge in [-0.1, -0.05) is 24.3 Å². The summed E-state index contributed by atoms with van der Waals surface area (Å²) >= 11 is 0. The van der Waals surface area contributed by atoms with Gasteiger partial charge in [-0.25, -0.2) is 9.59 Å². The van der Waals surface area contributed by atoms with Gasteiger partial charge in [-0.2, -0.15) is 16.8 Å². The summed E-state index contributed by atoms with van der Waals surface area (Å²) in [5.41, 5.74) is -4.96. The van der Waals surface area contributed by atoms with Crippen molar-refractivity contribution in [2.24, 2.45) is 0 Å². The van der Waals surface area contributed by atoms with Crippen molar-refractivity contribution in [3.63, 3.8) is 0 Å². The molecule has 18 nitrogen and oxygen atoms in total. The molecule has 0 bridgehead atoms. The minimum Gasteiger partial charge on any atom is -1.00 e. The molecule has 0 aliphatic heterocycles. The zero-order valence-corrected chi connectivity index (χ0v) is 32.2. The number of carbonyl (C=O) groups excluding carboxylic acids is 2. The Labute approximate surface area is 340 Å². The Morgan fingerprint density at radius 3 is 1.08 bits per heavy atom. The summed E-state index contributed by atoms with van der Waals surface area (Å²) in [7, 11) is -10.2. The van der Waals surface area contributed by atoms with E-state index in [1.54, 1.807) is 0 Å². The van der Waals surface area contributed by atoms with Crippen LogP contribution in [0.4, 0.5) is 11.4 Å². The van der Waals surface area contributed by atoms with E-state index in [1.807, 2.05) is 0 Å². The van der Waals surface area contributed by atoms with E-state index in [1.165, 1.54) is 0 Å². The molecule has 0 aliphatic rings. The van der Waals surface area contributed by atoms with Crippen molar-refractivity contribution in [2.75, 3.05) is 10.6 Å². The van der Waals surface area contributed by atoms with Crippen LogP contribution in [-0.4, -0.2) is 80.3 Å². The summed E-state index contributed by atoms with van der Waals surface area (Å²) in [5.74, 6) is -9.52. The molecule has 0 radical (unpaired) electrons. The van der Waals surface area contributed by atoms with Crippen LogP contribution in [0.15, 0.2) is 70.5 Å². The number of aromatic hydroxyl groups is 4. The van der Waals surface area contributed by atoms with E-state index in [0.717, 1.165) is 72.8 Å². The molecule has 0 atom stereocenters. The minimum absolute atomic E-state index is 0. The average molecular weight is 779 g/mol.